The molecule has 3 rings (SSSR count). The largest absolute Gasteiger partial charge is 0.329 e. The van der Waals surface area contributed by atoms with Crippen LogP contribution in [-0.2, 0) is 15.6 Å². The van der Waals surface area contributed by atoms with E-state index in [1.807, 2.05) is 62.4 Å². The molecule has 37 heavy (non-hydrogen) atoms. The standard InChI is InChI=1S/C30H39ClN4O2/c1-20(2)18-34(28(37)21-13-15-22(16-14-21)29(3,4)5)19-27(36)32-26-17-25(30(6,7)8)33-35(26)24-12-10-9-11-23(24)31/h9-17,20H,18-19H2,1-8H3,(H,32,36). The summed E-state index contributed by atoms with van der Waals surface area (Å²) in [6, 6.07) is 16.9. The number of benzene rings is 2. The number of hydrogen-bond donors (Lipinski definition) is 1. The number of rotatable bonds is 7. The zero-order chi connectivity index (χ0) is 27.5. The lowest BCUT2D eigenvalue weighted by atomic mass is 9.86. The molecule has 0 saturated heterocycles. The Hall–Kier alpha value is -3.12. The van der Waals surface area contributed by atoms with E-state index < -0.39 is 0 Å². The first-order chi connectivity index (χ1) is 17.2. The summed E-state index contributed by atoms with van der Waals surface area (Å²) < 4.78 is 1.65. The molecule has 0 atom stereocenters. The number of carbonyl (C=O) groups is 2. The van der Waals surface area contributed by atoms with Crippen LogP contribution in [0, 0.1) is 5.92 Å². The van der Waals surface area contributed by atoms with Gasteiger partial charge in [0, 0.05) is 23.6 Å². The molecular weight excluding hydrogens is 484 g/mol. The van der Waals surface area contributed by atoms with Gasteiger partial charge in [-0.05, 0) is 41.2 Å². The number of nitrogens with zero attached hydrogens (tertiary/aromatic N) is 3. The molecule has 0 spiro atoms. The van der Waals surface area contributed by atoms with Crippen molar-refractivity contribution < 1.29 is 9.59 Å². The Labute approximate surface area is 226 Å². The van der Waals surface area contributed by atoms with Crippen LogP contribution < -0.4 is 5.32 Å². The van der Waals surface area contributed by atoms with Gasteiger partial charge in [-0.15, -0.1) is 0 Å². The van der Waals surface area contributed by atoms with Gasteiger partial charge in [-0.1, -0.05) is 91.3 Å². The van der Waals surface area contributed by atoms with E-state index in [0.29, 0.717) is 28.6 Å². The van der Waals surface area contributed by atoms with Crippen molar-refractivity contribution in [1.82, 2.24) is 14.7 Å². The van der Waals surface area contributed by atoms with Crippen molar-refractivity contribution in [2.75, 3.05) is 18.4 Å². The van der Waals surface area contributed by atoms with Gasteiger partial charge in [-0.3, -0.25) is 9.59 Å². The molecule has 0 bridgehead atoms. The van der Waals surface area contributed by atoms with Gasteiger partial charge in [0.05, 0.1) is 16.4 Å². The molecule has 2 amide bonds. The number of hydrogen-bond acceptors (Lipinski definition) is 3. The van der Waals surface area contributed by atoms with Gasteiger partial charge in [0.1, 0.15) is 12.4 Å². The Morgan fingerprint density at radius 2 is 1.59 bits per heavy atom. The van der Waals surface area contributed by atoms with Crippen molar-refractivity contribution in [3.8, 4) is 5.69 Å². The smallest absolute Gasteiger partial charge is 0.254 e. The SMILES string of the molecule is CC(C)CN(CC(=O)Nc1cc(C(C)(C)C)nn1-c1ccccc1Cl)C(=O)c1ccc(C(C)(C)C)cc1. The summed E-state index contributed by atoms with van der Waals surface area (Å²) in [7, 11) is 0. The maximum atomic E-state index is 13.4. The minimum atomic E-state index is -0.297. The molecule has 0 aliphatic rings. The lowest BCUT2D eigenvalue weighted by molar-refractivity contribution is -0.117. The van der Waals surface area contributed by atoms with Crippen molar-refractivity contribution in [2.45, 2.75) is 66.2 Å². The highest BCUT2D eigenvalue weighted by atomic mass is 35.5. The summed E-state index contributed by atoms with van der Waals surface area (Å²) >= 11 is 6.45. The van der Waals surface area contributed by atoms with Gasteiger partial charge >= 0.3 is 0 Å². The predicted octanol–water partition coefficient (Wildman–Crippen LogP) is 6.86. The van der Waals surface area contributed by atoms with E-state index in [1.54, 1.807) is 15.6 Å². The minimum absolute atomic E-state index is 0.00437. The fourth-order valence-electron chi connectivity index (χ4n) is 3.95. The summed E-state index contributed by atoms with van der Waals surface area (Å²) in [6.45, 7) is 17.0. The van der Waals surface area contributed by atoms with Gasteiger partial charge < -0.3 is 10.2 Å². The summed E-state index contributed by atoms with van der Waals surface area (Å²) in [4.78, 5) is 28.3. The van der Waals surface area contributed by atoms with Crippen molar-refractivity contribution >= 4 is 29.2 Å². The Morgan fingerprint density at radius 3 is 2.14 bits per heavy atom. The fraction of sp³-hybridized carbons (Fsp3) is 0.433. The number of carbonyl (C=O) groups excluding carboxylic acids is 2. The number of anilines is 1. The average Bonchev–Trinajstić information content (AvgIpc) is 3.21. The van der Waals surface area contributed by atoms with E-state index in [4.69, 9.17) is 16.7 Å². The zero-order valence-corrected chi connectivity index (χ0v) is 24.0. The number of nitrogens with one attached hydrogen (secondary N) is 1. The number of halogens is 1. The van der Waals surface area contributed by atoms with Gasteiger partial charge in [0.25, 0.3) is 5.91 Å². The van der Waals surface area contributed by atoms with Crippen LogP contribution in [0.4, 0.5) is 5.82 Å². The molecule has 2 aromatic carbocycles. The van der Waals surface area contributed by atoms with E-state index in [2.05, 4.69) is 46.9 Å². The van der Waals surface area contributed by atoms with Crippen LogP contribution >= 0.6 is 11.6 Å². The molecule has 0 radical (unpaired) electrons. The second-order valence-corrected chi connectivity index (χ2v) is 12.4. The third-order valence-corrected chi connectivity index (χ3v) is 6.35. The van der Waals surface area contributed by atoms with Crippen LogP contribution in [0.5, 0.6) is 0 Å². The van der Waals surface area contributed by atoms with Gasteiger partial charge in [0.2, 0.25) is 5.91 Å². The van der Waals surface area contributed by atoms with Crippen LogP contribution in [0.15, 0.2) is 54.6 Å². The van der Waals surface area contributed by atoms with E-state index in [1.165, 1.54) is 0 Å². The molecule has 0 aliphatic carbocycles. The zero-order valence-electron chi connectivity index (χ0n) is 23.2. The van der Waals surface area contributed by atoms with Crippen LogP contribution in [0.1, 0.15) is 77.0 Å². The molecule has 0 aliphatic heterocycles. The number of amides is 2. The van der Waals surface area contributed by atoms with Gasteiger partial charge in [-0.25, -0.2) is 4.68 Å². The topological polar surface area (TPSA) is 67.2 Å². The van der Waals surface area contributed by atoms with Crippen molar-refractivity contribution in [1.29, 1.82) is 0 Å². The lowest BCUT2D eigenvalue weighted by Crippen LogP contribution is -2.40. The highest BCUT2D eigenvalue weighted by Crippen LogP contribution is 2.29. The molecule has 1 heterocycles. The maximum Gasteiger partial charge on any atom is 0.254 e. The molecule has 1 N–H and O–H groups in total. The Kier molecular flexibility index (Phi) is 8.53. The predicted molar refractivity (Wildman–Crippen MR) is 152 cm³/mol. The monoisotopic (exact) mass is 522 g/mol. The first-order valence-corrected chi connectivity index (χ1v) is 13.1. The first kappa shape index (κ1) is 28.5. The molecule has 3 aromatic rings. The van der Waals surface area contributed by atoms with Crippen molar-refractivity contribution in [3.05, 3.63) is 76.4 Å². The summed E-state index contributed by atoms with van der Waals surface area (Å²) in [5, 5.41) is 8.24. The lowest BCUT2D eigenvalue weighted by Gasteiger charge is -2.25. The normalized spacial score (nSPS) is 12.1. The van der Waals surface area contributed by atoms with Crippen LogP contribution in [0.3, 0.4) is 0 Å². The number of para-hydroxylation sites is 1. The highest BCUT2D eigenvalue weighted by Gasteiger charge is 2.25. The third kappa shape index (κ3) is 7.22. The van der Waals surface area contributed by atoms with Gasteiger partial charge in [-0.2, -0.15) is 5.10 Å². The molecule has 1 aromatic heterocycles. The van der Waals surface area contributed by atoms with Gasteiger partial charge in [0.15, 0.2) is 0 Å². The van der Waals surface area contributed by atoms with Crippen molar-refractivity contribution in [2.24, 2.45) is 5.92 Å². The second-order valence-electron chi connectivity index (χ2n) is 12.0. The minimum Gasteiger partial charge on any atom is -0.329 e. The van der Waals surface area contributed by atoms with Crippen LogP contribution in [0.2, 0.25) is 5.02 Å². The van der Waals surface area contributed by atoms with E-state index in [9.17, 15) is 9.59 Å². The first-order valence-electron chi connectivity index (χ1n) is 12.7. The maximum absolute atomic E-state index is 13.4. The van der Waals surface area contributed by atoms with Crippen LogP contribution in [-0.4, -0.2) is 39.6 Å². The second kappa shape index (κ2) is 11.1. The Bertz CT molecular complexity index is 1250. The Balaban J connectivity index is 1.87. The molecule has 198 valence electrons. The molecular formula is C30H39ClN4O2. The molecule has 0 fully saturated rings. The number of aromatic nitrogens is 2. The van der Waals surface area contributed by atoms with Crippen LogP contribution in [0.25, 0.3) is 5.69 Å². The fourth-order valence-corrected chi connectivity index (χ4v) is 4.17. The average molecular weight is 523 g/mol. The van der Waals surface area contributed by atoms with E-state index in [-0.39, 0.29) is 35.1 Å². The summed E-state index contributed by atoms with van der Waals surface area (Å²) in [6.07, 6.45) is 0. The summed E-state index contributed by atoms with van der Waals surface area (Å²) in [5.74, 6) is 0.245. The van der Waals surface area contributed by atoms with Crippen molar-refractivity contribution in [3.63, 3.8) is 0 Å². The Morgan fingerprint density at radius 1 is 0.973 bits per heavy atom. The third-order valence-electron chi connectivity index (χ3n) is 6.03. The summed E-state index contributed by atoms with van der Waals surface area (Å²) in [5.41, 5.74) is 2.97. The molecule has 7 heteroatoms. The highest BCUT2D eigenvalue weighted by molar-refractivity contribution is 6.32. The van der Waals surface area contributed by atoms with E-state index >= 15 is 0 Å². The quantitative estimate of drug-likeness (QED) is 0.368. The molecule has 0 saturated carbocycles. The van der Waals surface area contributed by atoms with E-state index in [0.717, 1.165) is 11.3 Å². The molecule has 6 nitrogen and oxygen atoms in total. The molecule has 0 unspecified atom stereocenters.